The molecule has 5 heteroatoms. The molecule has 0 spiro atoms. The Bertz CT molecular complexity index is 610. The zero-order valence-corrected chi connectivity index (χ0v) is 14.0. The van der Waals surface area contributed by atoms with Crippen molar-refractivity contribution in [2.24, 2.45) is 5.92 Å². The van der Waals surface area contributed by atoms with Crippen LogP contribution in [0.25, 0.3) is 6.08 Å². The van der Waals surface area contributed by atoms with Gasteiger partial charge in [-0.1, -0.05) is 25.0 Å². The third-order valence-corrected chi connectivity index (χ3v) is 4.28. The molecule has 1 saturated carbocycles. The van der Waals surface area contributed by atoms with Crippen LogP contribution in [0, 0.1) is 17.2 Å². The van der Waals surface area contributed by atoms with Gasteiger partial charge in [-0.2, -0.15) is 5.26 Å². The highest BCUT2D eigenvalue weighted by Gasteiger charge is 2.23. The van der Waals surface area contributed by atoms with E-state index < -0.39 is 12.0 Å². The highest BCUT2D eigenvalue weighted by atomic mass is 16.5. The molecular formula is C19H24N2O3. The maximum absolute atomic E-state index is 12.1. The molecule has 1 aliphatic rings. The number of hydrogen-bond donors (Lipinski definition) is 2. The van der Waals surface area contributed by atoms with Gasteiger partial charge in [0.2, 0.25) is 0 Å². The lowest BCUT2D eigenvalue weighted by Crippen LogP contribution is -2.36. The fraction of sp³-hybridized carbons (Fsp3) is 0.474. The first-order valence-electron chi connectivity index (χ1n) is 8.45. The summed E-state index contributed by atoms with van der Waals surface area (Å²) >= 11 is 0. The van der Waals surface area contributed by atoms with Crippen molar-refractivity contribution in [2.45, 2.75) is 38.7 Å². The van der Waals surface area contributed by atoms with E-state index in [4.69, 9.17) is 4.74 Å². The van der Waals surface area contributed by atoms with Crippen molar-refractivity contribution in [3.63, 3.8) is 0 Å². The molecule has 0 heterocycles. The number of ether oxygens (including phenoxy) is 1. The Kier molecular flexibility index (Phi) is 6.83. The van der Waals surface area contributed by atoms with Gasteiger partial charge >= 0.3 is 0 Å². The number of rotatable bonds is 7. The van der Waals surface area contributed by atoms with E-state index in [9.17, 15) is 15.2 Å². The van der Waals surface area contributed by atoms with E-state index in [1.165, 1.54) is 6.08 Å². The summed E-state index contributed by atoms with van der Waals surface area (Å²) in [4.78, 5) is 12.1. The number of carbonyl (C=O) groups is 1. The van der Waals surface area contributed by atoms with Gasteiger partial charge in [-0.15, -0.1) is 0 Å². The maximum atomic E-state index is 12.1. The summed E-state index contributed by atoms with van der Waals surface area (Å²) in [5, 5.41) is 22.0. The lowest BCUT2D eigenvalue weighted by molar-refractivity contribution is -0.117. The Morgan fingerprint density at radius 1 is 1.42 bits per heavy atom. The molecule has 0 bridgehead atoms. The summed E-state index contributed by atoms with van der Waals surface area (Å²) in [5.74, 6) is 0.548. The third-order valence-electron chi connectivity index (χ3n) is 4.28. The van der Waals surface area contributed by atoms with Crippen LogP contribution in [-0.2, 0) is 4.79 Å². The van der Waals surface area contributed by atoms with Gasteiger partial charge in [-0.3, -0.25) is 4.79 Å². The molecule has 1 aliphatic carbocycles. The fourth-order valence-corrected chi connectivity index (χ4v) is 2.94. The van der Waals surface area contributed by atoms with E-state index in [0.717, 1.165) is 37.0 Å². The smallest absolute Gasteiger partial charge is 0.262 e. The Hall–Kier alpha value is -2.32. The van der Waals surface area contributed by atoms with E-state index >= 15 is 0 Å². The Labute approximate surface area is 142 Å². The first-order valence-corrected chi connectivity index (χ1v) is 8.45. The Morgan fingerprint density at radius 2 is 2.08 bits per heavy atom. The van der Waals surface area contributed by atoms with Crippen LogP contribution in [0.2, 0.25) is 0 Å². The molecular weight excluding hydrogens is 304 g/mol. The Balaban J connectivity index is 1.93. The zero-order valence-electron chi connectivity index (χ0n) is 14.0. The summed E-state index contributed by atoms with van der Waals surface area (Å²) < 4.78 is 5.36. The van der Waals surface area contributed by atoms with Gasteiger partial charge in [0.15, 0.2) is 0 Å². The number of nitrogens with zero attached hydrogens (tertiary/aromatic N) is 1. The molecule has 2 N–H and O–H groups in total. The fourth-order valence-electron chi connectivity index (χ4n) is 2.94. The molecule has 0 saturated heterocycles. The van der Waals surface area contributed by atoms with Gasteiger partial charge < -0.3 is 15.2 Å². The highest BCUT2D eigenvalue weighted by molar-refractivity contribution is 6.01. The minimum Gasteiger partial charge on any atom is -0.494 e. The van der Waals surface area contributed by atoms with E-state index in [1.807, 2.05) is 13.0 Å². The van der Waals surface area contributed by atoms with Crippen LogP contribution in [0.5, 0.6) is 5.75 Å². The van der Waals surface area contributed by atoms with Crippen LogP contribution in [-0.4, -0.2) is 30.3 Å². The van der Waals surface area contributed by atoms with Crippen LogP contribution in [0.4, 0.5) is 0 Å². The molecule has 1 amide bonds. The van der Waals surface area contributed by atoms with E-state index in [0.29, 0.717) is 6.61 Å². The highest BCUT2D eigenvalue weighted by Crippen LogP contribution is 2.27. The predicted octanol–water partition coefficient (Wildman–Crippen LogP) is 2.66. The SMILES string of the molecule is CCOc1ccc(/C=C(/C#N)C(=O)NCC(O)C2CCCC2)cc1. The number of amides is 1. The second kappa shape index (κ2) is 9.09. The molecule has 128 valence electrons. The number of nitriles is 1. The summed E-state index contributed by atoms with van der Waals surface area (Å²) in [6.45, 7) is 2.68. The quantitative estimate of drug-likeness (QED) is 0.595. The third kappa shape index (κ3) is 5.10. The molecule has 5 nitrogen and oxygen atoms in total. The number of benzene rings is 1. The molecule has 0 radical (unpaired) electrons. The van der Waals surface area contributed by atoms with Crippen LogP contribution in [0.1, 0.15) is 38.2 Å². The minimum atomic E-state index is -0.540. The first kappa shape index (κ1) is 18.0. The summed E-state index contributed by atoms with van der Waals surface area (Å²) in [7, 11) is 0. The number of carbonyl (C=O) groups excluding carboxylic acids is 1. The van der Waals surface area contributed by atoms with Crippen molar-refractivity contribution in [2.75, 3.05) is 13.2 Å². The van der Waals surface area contributed by atoms with E-state index in [1.54, 1.807) is 24.3 Å². The zero-order chi connectivity index (χ0) is 17.4. The standard InChI is InChI=1S/C19H24N2O3/c1-2-24-17-9-7-14(8-10-17)11-16(12-20)19(23)21-13-18(22)15-5-3-4-6-15/h7-11,15,18,22H,2-6,13H2,1H3,(H,21,23)/b16-11-. The summed E-state index contributed by atoms with van der Waals surface area (Å²) in [5.41, 5.74) is 0.777. The second-order valence-electron chi connectivity index (χ2n) is 5.99. The second-order valence-corrected chi connectivity index (χ2v) is 5.99. The molecule has 1 fully saturated rings. The number of hydrogen-bond acceptors (Lipinski definition) is 4. The molecule has 1 unspecified atom stereocenters. The molecule has 1 aromatic rings. The number of nitrogens with one attached hydrogen (secondary N) is 1. The topological polar surface area (TPSA) is 82.3 Å². The average Bonchev–Trinajstić information content (AvgIpc) is 3.13. The van der Waals surface area contributed by atoms with Crippen molar-refractivity contribution in [1.29, 1.82) is 5.26 Å². The van der Waals surface area contributed by atoms with Gasteiger partial charge in [-0.05, 0) is 49.5 Å². The van der Waals surface area contributed by atoms with Crippen molar-refractivity contribution in [3.8, 4) is 11.8 Å². The lowest BCUT2D eigenvalue weighted by atomic mass is 10.0. The van der Waals surface area contributed by atoms with Gasteiger partial charge in [0.25, 0.3) is 5.91 Å². The maximum Gasteiger partial charge on any atom is 0.262 e. The van der Waals surface area contributed by atoms with Crippen LogP contribution in [0.3, 0.4) is 0 Å². The van der Waals surface area contributed by atoms with Crippen molar-refractivity contribution >= 4 is 12.0 Å². The Morgan fingerprint density at radius 3 is 2.67 bits per heavy atom. The lowest BCUT2D eigenvalue weighted by Gasteiger charge is -2.17. The van der Waals surface area contributed by atoms with Gasteiger partial charge in [0.05, 0.1) is 12.7 Å². The van der Waals surface area contributed by atoms with Gasteiger partial charge in [-0.25, -0.2) is 0 Å². The van der Waals surface area contributed by atoms with Crippen LogP contribution in [0.15, 0.2) is 29.8 Å². The largest absolute Gasteiger partial charge is 0.494 e. The molecule has 0 aromatic heterocycles. The van der Waals surface area contributed by atoms with E-state index in [-0.39, 0.29) is 18.0 Å². The van der Waals surface area contributed by atoms with Crippen LogP contribution >= 0.6 is 0 Å². The molecule has 2 rings (SSSR count). The normalized spacial score (nSPS) is 16.5. The molecule has 24 heavy (non-hydrogen) atoms. The van der Waals surface area contributed by atoms with E-state index in [2.05, 4.69) is 5.32 Å². The summed E-state index contributed by atoms with van der Waals surface area (Å²) in [6.07, 6.45) is 5.27. The summed E-state index contributed by atoms with van der Waals surface area (Å²) in [6, 6.07) is 9.10. The monoisotopic (exact) mass is 328 g/mol. The van der Waals surface area contributed by atoms with Crippen molar-refractivity contribution in [3.05, 3.63) is 35.4 Å². The number of aliphatic hydroxyl groups is 1. The predicted molar refractivity (Wildman–Crippen MR) is 92.2 cm³/mol. The van der Waals surface area contributed by atoms with Crippen molar-refractivity contribution < 1.29 is 14.6 Å². The first-order chi connectivity index (χ1) is 11.6. The van der Waals surface area contributed by atoms with Crippen molar-refractivity contribution in [1.82, 2.24) is 5.32 Å². The molecule has 1 atom stereocenters. The average molecular weight is 328 g/mol. The molecule has 1 aromatic carbocycles. The molecule has 0 aliphatic heterocycles. The minimum absolute atomic E-state index is 0.0257. The number of aliphatic hydroxyl groups excluding tert-OH is 1. The van der Waals surface area contributed by atoms with Gasteiger partial charge in [0, 0.05) is 6.54 Å². The van der Waals surface area contributed by atoms with Gasteiger partial charge in [0.1, 0.15) is 17.4 Å². The van der Waals surface area contributed by atoms with Crippen LogP contribution < -0.4 is 10.1 Å².